The van der Waals surface area contributed by atoms with Crippen molar-refractivity contribution < 1.29 is 4.84 Å². The molecular weight excluding hydrogens is 214 g/mol. The van der Waals surface area contributed by atoms with Crippen LogP contribution in [-0.4, -0.2) is 16.2 Å². The summed E-state index contributed by atoms with van der Waals surface area (Å²) in [6.45, 7) is 3.61. The minimum Gasteiger partial charge on any atom is -0.337 e. The molecule has 1 heterocycles. The number of oxime groups is 1. The Labute approximate surface area is 100.0 Å². The lowest BCUT2D eigenvalue weighted by molar-refractivity contribution is 0.328. The van der Waals surface area contributed by atoms with E-state index in [1.807, 2.05) is 37.3 Å². The lowest BCUT2D eigenvalue weighted by Gasteiger charge is -2.04. The topological polar surface area (TPSA) is 47.4 Å². The molecule has 0 aliphatic heterocycles. The van der Waals surface area contributed by atoms with Crippen LogP contribution in [0.15, 0.2) is 41.6 Å². The predicted octanol–water partition coefficient (Wildman–Crippen LogP) is 2.84. The van der Waals surface area contributed by atoms with E-state index in [9.17, 15) is 0 Å². The van der Waals surface area contributed by atoms with Crippen molar-refractivity contribution >= 4 is 6.21 Å². The molecule has 0 fully saturated rings. The average molecular weight is 227 g/mol. The van der Waals surface area contributed by atoms with E-state index in [-0.39, 0.29) is 0 Å². The summed E-state index contributed by atoms with van der Waals surface area (Å²) < 4.78 is 0. The molecule has 4 heteroatoms. The maximum atomic E-state index is 5.12. The molecule has 0 saturated heterocycles. The van der Waals surface area contributed by atoms with E-state index in [2.05, 4.69) is 15.1 Å². The summed E-state index contributed by atoms with van der Waals surface area (Å²) in [4.78, 5) is 13.6. The molecule has 0 bridgehead atoms. The van der Waals surface area contributed by atoms with Crippen molar-refractivity contribution in [1.82, 2.24) is 9.97 Å². The smallest absolute Gasteiger partial charge is 0.252 e. The van der Waals surface area contributed by atoms with Gasteiger partial charge in [-0.1, -0.05) is 35.5 Å². The third-order valence-electron chi connectivity index (χ3n) is 2.14. The zero-order chi connectivity index (χ0) is 12.1. The Morgan fingerprint density at radius 2 is 1.94 bits per heavy atom. The number of aromatic nitrogens is 2. The lowest BCUT2D eigenvalue weighted by atomic mass is 10.1. The molecule has 0 amide bonds. The second-order valence-electron chi connectivity index (χ2n) is 3.46. The van der Waals surface area contributed by atoms with Crippen LogP contribution in [0, 0.1) is 6.92 Å². The van der Waals surface area contributed by atoms with E-state index in [1.54, 1.807) is 19.2 Å². The molecule has 0 N–H and O–H groups in total. The highest BCUT2D eigenvalue weighted by molar-refractivity contribution is 5.59. The van der Waals surface area contributed by atoms with Crippen LogP contribution in [0.1, 0.15) is 12.7 Å². The highest BCUT2D eigenvalue weighted by Crippen LogP contribution is 2.20. The minimum atomic E-state index is 0.453. The second kappa shape index (κ2) is 5.21. The van der Waals surface area contributed by atoms with Crippen LogP contribution in [-0.2, 0) is 0 Å². The zero-order valence-electron chi connectivity index (χ0n) is 9.79. The minimum absolute atomic E-state index is 0.453. The van der Waals surface area contributed by atoms with Gasteiger partial charge in [0.05, 0.1) is 5.69 Å². The molecular formula is C13H13N3O. The first-order valence-corrected chi connectivity index (χ1v) is 5.35. The van der Waals surface area contributed by atoms with Crippen LogP contribution in [0.2, 0.25) is 0 Å². The summed E-state index contributed by atoms with van der Waals surface area (Å²) in [7, 11) is 0. The van der Waals surface area contributed by atoms with Crippen molar-refractivity contribution in [3.8, 4) is 17.1 Å². The van der Waals surface area contributed by atoms with Gasteiger partial charge in [0.2, 0.25) is 0 Å². The van der Waals surface area contributed by atoms with Gasteiger partial charge >= 0.3 is 0 Å². The summed E-state index contributed by atoms with van der Waals surface area (Å²) in [5.74, 6) is 1.11. The fourth-order valence-corrected chi connectivity index (χ4v) is 1.45. The van der Waals surface area contributed by atoms with Crippen molar-refractivity contribution in [2.75, 3.05) is 0 Å². The van der Waals surface area contributed by atoms with E-state index in [0.29, 0.717) is 11.7 Å². The Hall–Kier alpha value is -2.23. The first-order valence-electron chi connectivity index (χ1n) is 5.35. The number of benzene rings is 1. The van der Waals surface area contributed by atoms with Crippen LogP contribution >= 0.6 is 0 Å². The molecule has 0 aliphatic rings. The van der Waals surface area contributed by atoms with E-state index >= 15 is 0 Å². The van der Waals surface area contributed by atoms with Gasteiger partial charge in [0.1, 0.15) is 5.82 Å². The molecule has 2 rings (SSSR count). The van der Waals surface area contributed by atoms with Gasteiger partial charge in [-0.05, 0) is 13.8 Å². The van der Waals surface area contributed by atoms with Crippen molar-refractivity contribution in [3.63, 3.8) is 0 Å². The van der Waals surface area contributed by atoms with Gasteiger partial charge < -0.3 is 4.84 Å². The van der Waals surface area contributed by atoms with Gasteiger partial charge in [0.25, 0.3) is 5.88 Å². The molecule has 2 aromatic rings. The van der Waals surface area contributed by atoms with Crippen LogP contribution in [0.25, 0.3) is 11.3 Å². The molecule has 0 radical (unpaired) electrons. The third-order valence-corrected chi connectivity index (χ3v) is 2.14. The fraction of sp³-hybridized carbons (Fsp3) is 0.154. The molecule has 0 atom stereocenters. The normalized spacial score (nSPS) is 10.7. The molecule has 17 heavy (non-hydrogen) atoms. The number of nitrogens with zero attached hydrogens (tertiary/aromatic N) is 3. The maximum absolute atomic E-state index is 5.12. The van der Waals surface area contributed by atoms with Gasteiger partial charge in [0.15, 0.2) is 0 Å². The van der Waals surface area contributed by atoms with Gasteiger partial charge in [-0.15, -0.1) is 0 Å². The fourth-order valence-electron chi connectivity index (χ4n) is 1.45. The molecule has 1 aromatic carbocycles. The summed E-state index contributed by atoms with van der Waals surface area (Å²) in [6.07, 6.45) is 1.57. The number of rotatable bonds is 3. The van der Waals surface area contributed by atoms with E-state index in [0.717, 1.165) is 11.3 Å². The first-order chi connectivity index (χ1) is 8.29. The van der Waals surface area contributed by atoms with Crippen molar-refractivity contribution in [2.24, 2.45) is 5.16 Å². The molecule has 1 aromatic heterocycles. The van der Waals surface area contributed by atoms with E-state index < -0.39 is 0 Å². The van der Waals surface area contributed by atoms with Crippen molar-refractivity contribution in [3.05, 3.63) is 42.2 Å². The van der Waals surface area contributed by atoms with E-state index in [1.165, 1.54) is 0 Å². The van der Waals surface area contributed by atoms with Crippen molar-refractivity contribution in [1.29, 1.82) is 0 Å². The van der Waals surface area contributed by atoms with Gasteiger partial charge in [0, 0.05) is 17.8 Å². The predicted molar refractivity (Wildman–Crippen MR) is 67.0 cm³/mol. The molecule has 0 saturated carbocycles. The summed E-state index contributed by atoms with van der Waals surface area (Å²) >= 11 is 0. The largest absolute Gasteiger partial charge is 0.337 e. The Morgan fingerprint density at radius 3 is 2.65 bits per heavy atom. The molecule has 0 unspecified atom stereocenters. The number of hydrogen-bond acceptors (Lipinski definition) is 4. The number of aryl methyl sites for hydroxylation is 1. The molecule has 0 aliphatic carbocycles. The second-order valence-corrected chi connectivity index (χ2v) is 3.46. The van der Waals surface area contributed by atoms with Gasteiger partial charge in [-0.3, -0.25) is 0 Å². The Bertz CT molecular complexity index is 523. The van der Waals surface area contributed by atoms with Crippen LogP contribution < -0.4 is 4.84 Å². The molecule has 86 valence electrons. The molecule has 0 spiro atoms. The van der Waals surface area contributed by atoms with Gasteiger partial charge in [-0.2, -0.15) is 4.98 Å². The summed E-state index contributed by atoms with van der Waals surface area (Å²) in [6, 6.07) is 11.7. The highest BCUT2D eigenvalue weighted by Gasteiger charge is 2.04. The van der Waals surface area contributed by atoms with Crippen LogP contribution in [0.4, 0.5) is 0 Å². The zero-order valence-corrected chi connectivity index (χ0v) is 9.79. The standard InChI is InChI=1S/C13H13N3O/c1-3-14-17-13-9-12(15-10(2)16-13)11-7-5-4-6-8-11/h3-9H,1-2H3/b14-3+. The monoisotopic (exact) mass is 227 g/mol. The lowest BCUT2D eigenvalue weighted by Crippen LogP contribution is -1.95. The summed E-state index contributed by atoms with van der Waals surface area (Å²) in [5.41, 5.74) is 1.86. The number of hydrogen-bond donors (Lipinski definition) is 0. The average Bonchev–Trinajstić information content (AvgIpc) is 2.37. The Morgan fingerprint density at radius 1 is 1.18 bits per heavy atom. The first kappa shape index (κ1) is 11.3. The Kier molecular flexibility index (Phi) is 3.45. The third kappa shape index (κ3) is 2.87. The quantitative estimate of drug-likeness (QED) is 0.598. The van der Waals surface area contributed by atoms with Crippen molar-refractivity contribution in [2.45, 2.75) is 13.8 Å². The van der Waals surface area contributed by atoms with Gasteiger partial charge in [-0.25, -0.2) is 4.98 Å². The summed E-state index contributed by atoms with van der Waals surface area (Å²) in [5, 5.41) is 3.70. The Balaban J connectivity index is 2.38. The van der Waals surface area contributed by atoms with E-state index in [4.69, 9.17) is 4.84 Å². The highest BCUT2D eigenvalue weighted by atomic mass is 16.6. The van der Waals surface area contributed by atoms with Crippen LogP contribution in [0.3, 0.4) is 0 Å². The SMILES string of the molecule is C/C=N/Oc1cc(-c2ccccc2)nc(C)n1. The molecule has 4 nitrogen and oxygen atoms in total. The van der Waals surface area contributed by atoms with Crippen LogP contribution in [0.5, 0.6) is 5.88 Å². The maximum Gasteiger partial charge on any atom is 0.252 e.